The van der Waals surface area contributed by atoms with Crippen LogP contribution in [0.1, 0.15) is 32.1 Å². The average molecular weight is 142 g/mol. The molecule has 3 heteroatoms. The van der Waals surface area contributed by atoms with E-state index in [-0.39, 0.29) is 11.8 Å². The summed E-state index contributed by atoms with van der Waals surface area (Å²) in [4.78, 5) is 10.9. The second-order valence-corrected chi connectivity index (χ2v) is 2.84. The maximum Gasteiger partial charge on any atom is 0.236 e. The fraction of sp³-hybridized carbons (Fsp3) is 0.857. The average Bonchev–Trinajstić information content (AvgIpc) is 2.05. The molecule has 1 aliphatic rings. The summed E-state index contributed by atoms with van der Waals surface area (Å²) in [5, 5.41) is 0. The number of amides is 1. The van der Waals surface area contributed by atoms with Crippen molar-refractivity contribution in [3.05, 3.63) is 0 Å². The Bertz CT molecular complexity index is 119. The zero-order valence-corrected chi connectivity index (χ0v) is 6.10. The van der Waals surface area contributed by atoms with Crippen LogP contribution in [-0.2, 0) is 4.79 Å². The van der Waals surface area contributed by atoms with Crippen LogP contribution in [0, 0.1) is 5.92 Å². The maximum atomic E-state index is 10.9. The summed E-state index contributed by atoms with van der Waals surface area (Å²) in [6.45, 7) is 0. The molecule has 10 heavy (non-hydrogen) atoms. The number of carbonyl (C=O) groups is 1. The molecule has 1 amide bonds. The van der Waals surface area contributed by atoms with Crippen LogP contribution in [0.25, 0.3) is 0 Å². The molecule has 3 N–H and O–H groups in total. The molecule has 0 aromatic rings. The van der Waals surface area contributed by atoms with Gasteiger partial charge in [-0.2, -0.15) is 0 Å². The first kappa shape index (κ1) is 7.54. The van der Waals surface area contributed by atoms with Crippen LogP contribution in [0.15, 0.2) is 0 Å². The normalized spacial score (nSPS) is 20.5. The second-order valence-electron chi connectivity index (χ2n) is 2.84. The topological polar surface area (TPSA) is 55.1 Å². The third kappa shape index (κ3) is 1.70. The van der Waals surface area contributed by atoms with E-state index in [1.54, 1.807) is 0 Å². The molecule has 0 aromatic carbocycles. The minimum atomic E-state index is 0.0136. The summed E-state index contributed by atoms with van der Waals surface area (Å²) in [6.07, 6.45) is 5.66. The number of hydrogen-bond donors (Lipinski definition) is 2. The van der Waals surface area contributed by atoms with E-state index in [0.29, 0.717) is 0 Å². The van der Waals surface area contributed by atoms with E-state index in [1.807, 2.05) is 0 Å². The molecule has 1 rings (SSSR count). The predicted octanol–water partition coefficient (Wildman–Crippen LogP) is 0.557. The Morgan fingerprint density at radius 2 is 1.90 bits per heavy atom. The molecule has 0 aliphatic heterocycles. The van der Waals surface area contributed by atoms with Gasteiger partial charge in [-0.1, -0.05) is 19.3 Å². The van der Waals surface area contributed by atoms with Crippen LogP contribution in [0.4, 0.5) is 0 Å². The van der Waals surface area contributed by atoms with Gasteiger partial charge in [-0.05, 0) is 12.8 Å². The van der Waals surface area contributed by atoms with Crippen molar-refractivity contribution >= 4 is 5.91 Å². The fourth-order valence-electron chi connectivity index (χ4n) is 1.48. The van der Waals surface area contributed by atoms with Crippen molar-refractivity contribution in [2.24, 2.45) is 11.8 Å². The molecule has 3 nitrogen and oxygen atoms in total. The first-order chi connectivity index (χ1) is 4.84. The minimum absolute atomic E-state index is 0.0136. The van der Waals surface area contributed by atoms with Crippen LogP contribution in [-0.4, -0.2) is 5.91 Å². The third-order valence-electron chi connectivity index (χ3n) is 2.12. The molecule has 0 radical (unpaired) electrons. The summed E-state index contributed by atoms with van der Waals surface area (Å²) >= 11 is 0. The lowest BCUT2D eigenvalue weighted by Crippen LogP contribution is -2.36. The van der Waals surface area contributed by atoms with Crippen LogP contribution in [0.3, 0.4) is 0 Å². The van der Waals surface area contributed by atoms with E-state index in [4.69, 9.17) is 5.84 Å². The number of nitrogens with two attached hydrogens (primary N) is 1. The fourth-order valence-corrected chi connectivity index (χ4v) is 1.48. The highest BCUT2D eigenvalue weighted by Crippen LogP contribution is 2.23. The Balaban J connectivity index is 2.31. The number of carbonyl (C=O) groups excluding carboxylic acids is 1. The monoisotopic (exact) mass is 142 g/mol. The van der Waals surface area contributed by atoms with Crippen molar-refractivity contribution in [3.8, 4) is 0 Å². The van der Waals surface area contributed by atoms with Gasteiger partial charge in [-0.3, -0.25) is 10.2 Å². The van der Waals surface area contributed by atoms with E-state index in [1.165, 1.54) is 19.3 Å². The van der Waals surface area contributed by atoms with E-state index < -0.39 is 0 Å². The van der Waals surface area contributed by atoms with Gasteiger partial charge < -0.3 is 0 Å². The number of rotatable bonds is 1. The Kier molecular flexibility index (Phi) is 2.68. The van der Waals surface area contributed by atoms with E-state index in [0.717, 1.165) is 12.8 Å². The number of hydrogen-bond acceptors (Lipinski definition) is 2. The van der Waals surface area contributed by atoms with Crippen molar-refractivity contribution in [1.82, 2.24) is 5.43 Å². The molecule has 1 fully saturated rings. The standard InChI is InChI=1S/C7H14N2O/c8-9-7(10)6-4-2-1-3-5-6/h6H,1-5,8H2,(H,9,10). The zero-order valence-electron chi connectivity index (χ0n) is 6.10. The van der Waals surface area contributed by atoms with Crippen molar-refractivity contribution < 1.29 is 4.79 Å². The molecular weight excluding hydrogens is 128 g/mol. The Labute approximate surface area is 60.9 Å². The lowest BCUT2D eigenvalue weighted by Gasteiger charge is -2.19. The number of hydrazine groups is 1. The van der Waals surface area contributed by atoms with Crippen LogP contribution >= 0.6 is 0 Å². The van der Waals surface area contributed by atoms with Crippen molar-refractivity contribution in [2.45, 2.75) is 32.1 Å². The molecule has 0 atom stereocenters. The molecular formula is C7H14N2O. The first-order valence-electron chi connectivity index (χ1n) is 3.85. The van der Waals surface area contributed by atoms with Crippen molar-refractivity contribution in [3.63, 3.8) is 0 Å². The Hall–Kier alpha value is -0.570. The summed E-state index contributed by atoms with van der Waals surface area (Å²) in [5.41, 5.74) is 2.20. The highest BCUT2D eigenvalue weighted by molar-refractivity contribution is 5.77. The third-order valence-corrected chi connectivity index (χ3v) is 2.12. The first-order valence-corrected chi connectivity index (χ1v) is 3.85. The predicted molar refractivity (Wildman–Crippen MR) is 38.9 cm³/mol. The summed E-state index contributed by atoms with van der Waals surface area (Å²) in [7, 11) is 0. The lowest BCUT2D eigenvalue weighted by atomic mass is 9.89. The zero-order chi connectivity index (χ0) is 7.40. The highest BCUT2D eigenvalue weighted by Gasteiger charge is 2.19. The van der Waals surface area contributed by atoms with E-state index >= 15 is 0 Å². The van der Waals surface area contributed by atoms with Gasteiger partial charge in [0.25, 0.3) is 0 Å². The van der Waals surface area contributed by atoms with Gasteiger partial charge in [0, 0.05) is 5.92 Å². The van der Waals surface area contributed by atoms with Crippen molar-refractivity contribution in [2.75, 3.05) is 0 Å². The number of nitrogens with one attached hydrogen (secondary N) is 1. The summed E-state index contributed by atoms with van der Waals surface area (Å²) in [6, 6.07) is 0. The Morgan fingerprint density at radius 1 is 1.30 bits per heavy atom. The molecule has 1 aliphatic carbocycles. The molecule has 0 heterocycles. The SMILES string of the molecule is NNC(=O)C1CCCCC1. The van der Waals surface area contributed by atoms with E-state index in [9.17, 15) is 4.79 Å². The van der Waals surface area contributed by atoms with Crippen LogP contribution < -0.4 is 11.3 Å². The van der Waals surface area contributed by atoms with Gasteiger partial charge >= 0.3 is 0 Å². The molecule has 0 aromatic heterocycles. The molecule has 0 saturated heterocycles. The van der Waals surface area contributed by atoms with Crippen LogP contribution in [0.2, 0.25) is 0 Å². The molecule has 0 unspecified atom stereocenters. The largest absolute Gasteiger partial charge is 0.294 e. The second kappa shape index (κ2) is 3.56. The highest BCUT2D eigenvalue weighted by atomic mass is 16.2. The summed E-state index contributed by atoms with van der Waals surface area (Å²) < 4.78 is 0. The van der Waals surface area contributed by atoms with E-state index in [2.05, 4.69) is 5.43 Å². The quantitative estimate of drug-likeness (QED) is 0.319. The molecule has 0 spiro atoms. The van der Waals surface area contributed by atoms with Gasteiger partial charge in [-0.25, -0.2) is 5.84 Å². The summed E-state index contributed by atoms with van der Waals surface area (Å²) in [5.74, 6) is 5.21. The van der Waals surface area contributed by atoms with Gasteiger partial charge in [0.05, 0.1) is 0 Å². The smallest absolute Gasteiger partial charge is 0.236 e. The van der Waals surface area contributed by atoms with Crippen molar-refractivity contribution in [1.29, 1.82) is 0 Å². The van der Waals surface area contributed by atoms with Gasteiger partial charge in [0.1, 0.15) is 0 Å². The Morgan fingerprint density at radius 3 is 2.40 bits per heavy atom. The molecule has 1 saturated carbocycles. The molecule has 58 valence electrons. The van der Waals surface area contributed by atoms with Gasteiger partial charge in [0.2, 0.25) is 5.91 Å². The lowest BCUT2D eigenvalue weighted by molar-refractivity contribution is -0.125. The molecule has 0 bridgehead atoms. The van der Waals surface area contributed by atoms with Crippen LogP contribution in [0.5, 0.6) is 0 Å². The van der Waals surface area contributed by atoms with Gasteiger partial charge in [-0.15, -0.1) is 0 Å². The minimum Gasteiger partial charge on any atom is -0.294 e. The maximum absolute atomic E-state index is 10.9. The van der Waals surface area contributed by atoms with Gasteiger partial charge in [0.15, 0.2) is 0 Å².